The van der Waals surface area contributed by atoms with Crippen molar-refractivity contribution in [1.29, 1.82) is 0 Å². The first-order chi connectivity index (χ1) is 22.7. The number of carbonyl (C=O) groups is 2. The molecule has 4 fully saturated rings. The van der Waals surface area contributed by atoms with Crippen molar-refractivity contribution in [3.63, 3.8) is 0 Å². The molecule has 2 saturated carbocycles. The molecule has 4 heterocycles. The quantitative estimate of drug-likeness (QED) is 0.476. The van der Waals surface area contributed by atoms with Crippen molar-refractivity contribution in [2.45, 2.75) is 99.9 Å². The van der Waals surface area contributed by atoms with Crippen LogP contribution in [0.1, 0.15) is 87.3 Å². The average molecular weight is 657 g/mol. The molecule has 47 heavy (non-hydrogen) atoms. The lowest BCUT2D eigenvalue weighted by molar-refractivity contribution is -0.158. The highest BCUT2D eigenvalue weighted by atomic mass is 32.2. The Balaban J connectivity index is 1.19. The van der Waals surface area contributed by atoms with Gasteiger partial charge in [-0.15, -0.1) is 0 Å². The first-order valence-corrected chi connectivity index (χ1v) is 19.2. The highest BCUT2D eigenvalue weighted by Crippen LogP contribution is 2.56. The molecular formula is C37H44N4O5S. The molecule has 248 valence electrons. The number of amides is 2. The second-order valence-corrected chi connectivity index (χ2v) is 17.0. The summed E-state index contributed by atoms with van der Waals surface area (Å²) in [7, 11) is 0.114. The number of hydrogen-bond donors (Lipinski definition) is 1. The van der Waals surface area contributed by atoms with Crippen LogP contribution in [0.5, 0.6) is 5.75 Å². The number of piperazine rings is 1. The van der Waals surface area contributed by atoms with Crippen LogP contribution in [0, 0.1) is 5.92 Å². The van der Waals surface area contributed by atoms with Gasteiger partial charge in [0.1, 0.15) is 5.75 Å². The fourth-order valence-electron chi connectivity index (χ4n) is 9.82. The molecule has 0 spiro atoms. The van der Waals surface area contributed by atoms with Gasteiger partial charge in [0.2, 0.25) is 15.9 Å². The minimum atomic E-state index is -3.73. The lowest BCUT2D eigenvalue weighted by Crippen LogP contribution is -2.70. The Morgan fingerprint density at radius 1 is 1.00 bits per heavy atom. The number of benzene rings is 1. The van der Waals surface area contributed by atoms with Crippen LogP contribution in [0.4, 0.5) is 0 Å². The number of likely N-dealkylation sites (tertiary alicyclic amines) is 2. The van der Waals surface area contributed by atoms with Gasteiger partial charge in [0.15, 0.2) is 0 Å². The van der Waals surface area contributed by atoms with Gasteiger partial charge in [-0.05, 0) is 85.9 Å². The van der Waals surface area contributed by atoms with Gasteiger partial charge in [-0.2, -0.15) is 0 Å². The Hall–Kier alpha value is -3.37. The van der Waals surface area contributed by atoms with E-state index in [2.05, 4.69) is 56.5 Å². The summed E-state index contributed by atoms with van der Waals surface area (Å²) < 4.78 is 36.8. The summed E-state index contributed by atoms with van der Waals surface area (Å²) in [6.07, 6.45) is 13.9. The third-order valence-corrected chi connectivity index (χ3v) is 14.2. The van der Waals surface area contributed by atoms with E-state index in [1.165, 1.54) is 24.8 Å². The molecule has 2 saturated heterocycles. The summed E-state index contributed by atoms with van der Waals surface area (Å²) in [5, 5.41) is 0.555. The lowest BCUT2D eigenvalue weighted by Gasteiger charge is -2.57. The molecule has 2 aromatic rings. The number of piperidine rings is 1. The van der Waals surface area contributed by atoms with Crippen molar-refractivity contribution in [2.75, 3.05) is 27.2 Å². The largest absolute Gasteiger partial charge is 0.496 e. The number of fused-ring (bicyclic) bond motifs is 8. The van der Waals surface area contributed by atoms with Gasteiger partial charge >= 0.3 is 0 Å². The van der Waals surface area contributed by atoms with Gasteiger partial charge in [-0.25, -0.2) is 13.1 Å². The van der Waals surface area contributed by atoms with E-state index < -0.39 is 21.2 Å². The molecule has 2 amide bonds. The number of nitrogens with one attached hydrogen (secondary N) is 1. The van der Waals surface area contributed by atoms with Crippen LogP contribution < -0.4 is 9.46 Å². The number of likely N-dealkylation sites (N-methyl/N-ethyl adjacent to an activating group) is 1. The first-order valence-electron chi connectivity index (χ1n) is 17.7. The van der Waals surface area contributed by atoms with Crippen LogP contribution in [-0.2, 0) is 26.2 Å². The monoisotopic (exact) mass is 656 g/mol. The Morgan fingerprint density at radius 2 is 1.77 bits per heavy atom. The summed E-state index contributed by atoms with van der Waals surface area (Å²) in [5.41, 5.74) is 6.74. The molecule has 1 aromatic heterocycles. The van der Waals surface area contributed by atoms with E-state index in [1.807, 2.05) is 0 Å². The number of rotatable bonds is 6. The number of hydrogen-bond acceptors (Lipinski definition) is 6. The molecule has 1 N–H and O–H groups in total. The molecule has 9 rings (SSSR count). The van der Waals surface area contributed by atoms with Crippen LogP contribution >= 0.6 is 0 Å². The maximum absolute atomic E-state index is 14.6. The number of sulfonamides is 1. The third-order valence-electron chi connectivity index (χ3n) is 12.4. The van der Waals surface area contributed by atoms with E-state index in [1.54, 1.807) is 7.11 Å². The zero-order chi connectivity index (χ0) is 32.2. The van der Waals surface area contributed by atoms with Crippen molar-refractivity contribution in [1.82, 2.24) is 19.1 Å². The van der Waals surface area contributed by atoms with E-state index in [-0.39, 0.29) is 29.8 Å². The number of ether oxygens (including phenoxy) is 1. The maximum atomic E-state index is 14.6. The summed E-state index contributed by atoms with van der Waals surface area (Å²) in [4.78, 5) is 32.9. The van der Waals surface area contributed by atoms with E-state index in [0.717, 1.165) is 77.8 Å². The number of nitrogens with zero attached hydrogens (tertiary/aromatic N) is 3. The van der Waals surface area contributed by atoms with Crippen molar-refractivity contribution < 1.29 is 22.7 Å². The zero-order valence-corrected chi connectivity index (χ0v) is 28.2. The number of allylic oxidation sites excluding steroid dienone is 4. The topological polar surface area (TPSA) is 101 Å². The Labute approximate surface area is 276 Å². The van der Waals surface area contributed by atoms with Crippen molar-refractivity contribution >= 4 is 32.7 Å². The van der Waals surface area contributed by atoms with E-state index >= 15 is 0 Å². The second-order valence-electron chi connectivity index (χ2n) is 15.1. The molecule has 1 aromatic carbocycles. The lowest BCUT2D eigenvalue weighted by atomic mass is 9.74. The standard InChI is InChI=1S/C37H44N4O5S/c1-39-18-22-16-23(19-39)41(22)37(43)27-13-7-12-26-32(27)30-17-28-31(46-2)15-14-25(21-8-4-3-5-9-21)35(28)40(30)20-29-33(26)34(29)36(42)38-47(44,45)24-10-6-11-24/h7,12,14-15,17,21-24,27,32H,3-6,8-11,13,16,18-20H2,1-2H3,(H,38,42)/t22?,23?,27-,32?/m1/s1. The van der Waals surface area contributed by atoms with Gasteiger partial charge < -0.3 is 19.1 Å². The van der Waals surface area contributed by atoms with E-state index in [4.69, 9.17) is 4.74 Å². The molecule has 10 heteroatoms. The fourth-order valence-corrected chi connectivity index (χ4v) is 11.3. The van der Waals surface area contributed by atoms with Crippen LogP contribution in [-0.4, -0.2) is 79.2 Å². The van der Waals surface area contributed by atoms with Crippen LogP contribution in [0.3, 0.4) is 0 Å². The second kappa shape index (κ2) is 10.8. The van der Waals surface area contributed by atoms with E-state index in [9.17, 15) is 18.0 Å². The maximum Gasteiger partial charge on any atom is 0.265 e. The molecule has 3 unspecified atom stereocenters. The Morgan fingerprint density at radius 3 is 2.47 bits per heavy atom. The summed E-state index contributed by atoms with van der Waals surface area (Å²) in [6, 6.07) is 7.07. The minimum Gasteiger partial charge on any atom is -0.496 e. The Kier molecular flexibility index (Phi) is 6.85. The summed E-state index contributed by atoms with van der Waals surface area (Å²) in [5.74, 6) is 0.382. The van der Waals surface area contributed by atoms with Crippen LogP contribution in [0.15, 0.2) is 52.6 Å². The molecule has 4 aliphatic carbocycles. The molecular weight excluding hydrogens is 612 g/mol. The van der Waals surface area contributed by atoms with Crippen molar-refractivity contribution in [3.05, 3.63) is 63.9 Å². The Bertz CT molecular complexity index is 1900. The smallest absolute Gasteiger partial charge is 0.265 e. The van der Waals surface area contributed by atoms with Gasteiger partial charge in [0, 0.05) is 48.7 Å². The first kappa shape index (κ1) is 29.7. The van der Waals surface area contributed by atoms with Gasteiger partial charge in [0.05, 0.1) is 29.4 Å². The minimum absolute atomic E-state index is 0.200. The highest BCUT2D eigenvalue weighted by Gasteiger charge is 2.52. The molecule has 0 radical (unpaired) electrons. The van der Waals surface area contributed by atoms with Gasteiger partial charge in [-0.1, -0.05) is 43.9 Å². The SMILES string of the molecule is COc1ccc(C2CCCCC2)c2c1cc1n2CC2=C(C(=O)NS(=O)(=O)C3CCC3)C2=C2C=CC[C@@H](C(=O)N3C4CC3CN(C)C4)C21. The summed E-state index contributed by atoms with van der Waals surface area (Å²) >= 11 is 0. The predicted molar refractivity (Wildman–Crippen MR) is 180 cm³/mol. The zero-order valence-electron chi connectivity index (χ0n) is 27.3. The molecule has 3 aliphatic heterocycles. The van der Waals surface area contributed by atoms with Crippen LogP contribution in [0.25, 0.3) is 10.9 Å². The summed E-state index contributed by atoms with van der Waals surface area (Å²) in [6.45, 7) is 2.27. The number of aromatic nitrogens is 1. The third kappa shape index (κ3) is 4.53. The van der Waals surface area contributed by atoms with Crippen molar-refractivity contribution in [2.24, 2.45) is 5.92 Å². The number of methoxy groups -OCH3 is 1. The molecule has 4 atom stereocenters. The predicted octanol–water partition coefficient (Wildman–Crippen LogP) is 4.89. The highest BCUT2D eigenvalue weighted by molar-refractivity contribution is 7.90. The molecule has 2 bridgehead atoms. The number of carbonyl (C=O) groups excluding carboxylic acids is 2. The van der Waals surface area contributed by atoms with Crippen molar-refractivity contribution in [3.8, 4) is 5.75 Å². The van der Waals surface area contributed by atoms with Crippen LogP contribution in [0.2, 0.25) is 0 Å². The molecule has 7 aliphatic rings. The average Bonchev–Trinajstić information content (AvgIpc) is 3.65. The molecule has 9 nitrogen and oxygen atoms in total. The van der Waals surface area contributed by atoms with Gasteiger partial charge in [0.25, 0.3) is 5.91 Å². The van der Waals surface area contributed by atoms with E-state index in [0.29, 0.717) is 37.3 Å². The fraction of sp³-hybridized carbons (Fsp3) is 0.568. The normalized spacial score (nSPS) is 29.0. The van der Waals surface area contributed by atoms with Gasteiger partial charge in [-0.3, -0.25) is 9.59 Å².